The molecule has 0 aliphatic carbocycles. The number of likely N-dealkylation sites (tertiary alicyclic amines) is 1. The third kappa shape index (κ3) is 2.45. The Bertz CT molecular complexity index is 282. The first kappa shape index (κ1) is 12.4. The highest BCUT2D eigenvalue weighted by Gasteiger charge is 2.42. The Balaban J connectivity index is 2.64. The number of thioether (sulfide) groups is 1. The lowest BCUT2D eigenvalue weighted by Crippen LogP contribution is -2.38. The van der Waals surface area contributed by atoms with Crippen molar-refractivity contribution in [1.82, 2.24) is 4.90 Å². The third-order valence-electron chi connectivity index (χ3n) is 3.00. The molecular formula is C10H17NO3S. The summed E-state index contributed by atoms with van der Waals surface area (Å²) in [7, 11) is 0. The molecular weight excluding hydrogens is 214 g/mol. The highest BCUT2D eigenvalue weighted by Crippen LogP contribution is 2.31. The number of carboxylic acids is 1. The summed E-state index contributed by atoms with van der Waals surface area (Å²) in [5, 5.41) is 8.94. The molecule has 86 valence electrons. The molecule has 1 N–H and O–H groups in total. The predicted molar refractivity (Wildman–Crippen MR) is 59.9 cm³/mol. The summed E-state index contributed by atoms with van der Waals surface area (Å²) in [6.45, 7) is 4.45. The van der Waals surface area contributed by atoms with E-state index in [2.05, 4.69) is 0 Å². The lowest BCUT2D eigenvalue weighted by molar-refractivity contribution is -0.147. The van der Waals surface area contributed by atoms with Crippen LogP contribution in [0.1, 0.15) is 20.3 Å². The van der Waals surface area contributed by atoms with E-state index in [9.17, 15) is 9.59 Å². The van der Waals surface area contributed by atoms with Gasteiger partial charge in [-0.15, -0.1) is 0 Å². The van der Waals surface area contributed by atoms with Gasteiger partial charge in [0.1, 0.15) is 0 Å². The second kappa shape index (κ2) is 4.43. The number of hydrogen-bond acceptors (Lipinski definition) is 3. The molecule has 1 aliphatic heterocycles. The second-order valence-electron chi connectivity index (χ2n) is 4.25. The molecule has 0 aromatic heterocycles. The Morgan fingerprint density at radius 1 is 1.53 bits per heavy atom. The second-order valence-corrected chi connectivity index (χ2v) is 5.43. The Morgan fingerprint density at radius 3 is 2.53 bits per heavy atom. The summed E-state index contributed by atoms with van der Waals surface area (Å²) >= 11 is 1.49. The van der Waals surface area contributed by atoms with Crippen LogP contribution in [0.25, 0.3) is 0 Å². The molecule has 15 heavy (non-hydrogen) atoms. The largest absolute Gasteiger partial charge is 0.481 e. The van der Waals surface area contributed by atoms with Crippen molar-refractivity contribution in [2.45, 2.75) is 25.5 Å². The molecule has 2 atom stereocenters. The minimum atomic E-state index is -0.811. The van der Waals surface area contributed by atoms with Crippen LogP contribution in [0.3, 0.4) is 0 Å². The van der Waals surface area contributed by atoms with Gasteiger partial charge in [-0.05, 0) is 26.5 Å². The molecule has 0 saturated carbocycles. The van der Waals surface area contributed by atoms with Crippen LogP contribution in [0.2, 0.25) is 0 Å². The van der Waals surface area contributed by atoms with Gasteiger partial charge in [0.2, 0.25) is 5.91 Å². The first-order valence-electron chi connectivity index (χ1n) is 4.96. The van der Waals surface area contributed by atoms with Crippen LogP contribution in [0.15, 0.2) is 0 Å². The molecule has 1 heterocycles. The van der Waals surface area contributed by atoms with E-state index in [-0.39, 0.29) is 11.2 Å². The Hall–Kier alpha value is -0.710. The van der Waals surface area contributed by atoms with Crippen LogP contribution >= 0.6 is 11.8 Å². The first-order chi connectivity index (χ1) is 6.90. The van der Waals surface area contributed by atoms with E-state index in [0.29, 0.717) is 19.5 Å². The molecule has 0 aromatic rings. The zero-order valence-electron chi connectivity index (χ0n) is 9.32. The number of carbonyl (C=O) groups is 2. The number of amides is 1. The van der Waals surface area contributed by atoms with E-state index >= 15 is 0 Å². The normalized spacial score (nSPS) is 27.8. The van der Waals surface area contributed by atoms with Crippen LogP contribution < -0.4 is 0 Å². The average Bonchev–Trinajstić information content (AvgIpc) is 2.60. The fraction of sp³-hybridized carbons (Fsp3) is 0.800. The highest BCUT2D eigenvalue weighted by molar-refractivity contribution is 7.99. The molecule has 0 radical (unpaired) electrons. The molecule has 1 amide bonds. The summed E-state index contributed by atoms with van der Waals surface area (Å²) in [4.78, 5) is 24.4. The van der Waals surface area contributed by atoms with Gasteiger partial charge in [0.05, 0.1) is 10.7 Å². The fourth-order valence-corrected chi connectivity index (χ4v) is 2.03. The first-order valence-corrected chi connectivity index (χ1v) is 6.24. The van der Waals surface area contributed by atoms with Crippen LogP contribution in [0.4, 0.5) is 0 Å². The van der Waals surface area contributed by atoms with Crippen molar-refractivity contribution in [3.63, 3.8) is 0 Å². The molecule has 5 heteroatoms. The van der Waals surface area contributed by atoms with Gasteiger partial charge in [0, 0.05) is 13.1 Å². The zero-order chi connectivity index (χ0) is 11.6. The van der Waals surface area contributed by atoms with Gasteiger partial charge in [-0.25, -0.2) is 0 Å². The summed E-state index contributed by atoms with van der Waals surface area (Å²) in [5.74, 6) is -0.762. The molecule has 0 bridgehead atoms. The topological polar surface area (TPSA) is 57.6 Å². The lowest BCUT2D eigenvalue weighted by atomic mass is 9.90. The summed E-state index contributed by atoms with van der Waals surface area (Å²) in [6, 6.07) is 0. The van der Waals surface area contributed by atoms with E-state index < -0.39 is 11.4 Å². The van der Waals surface area contributed by atoms with Gasteiger partial charge in [0.15, 0.2) is 0 Å². The summed E-state index contributed by atoms with van der Waals surface area (Å²) in [5.41, 5.74) is -0.756. The van der Waals surface area contributed by atoms with Crippen molar-refractivity contribution in [3.05, 3.63) is 0 Å². The number of hydrogen-bond donors (Lipinski definition) is 1. The van der Waals surface area contributed by atoms with Crippen molar-refractivity contribution in [1.29, 1.82) is 0 Å². The van der Waals surface area contributed by atoms with Crippen molar-refractivity contribution in [2.24, 2.45) is 5.41 Å². The number of rotatable bonds is 3. The molecule has 2 unspecified atom stereocenters. The zero-order valence-corrected chi connectivity index (χ0v) is 10.1. The van der Waals surface area contributed by atoms with Gasteiger partial charge in [-0.1, -0.05) is 0 Å². The van der Waals surface area contributed by atoms with Crippen LogP contribution in [0, 0.1) is 5.41 Å². The van der Waals surface area contributed by atoms with Gasteiger partial charge >= 0.3 is 5.97 Å². The summed E-state index contributed by atoms with van der Waals surface area (Å²) < 4.78 is 0. The monoisotopic (exact) mass is 231 g/mol. The van der Waals surface area contributed by atoms with Gasteiger partial charge < -0.3 is 10.0 Å². The van der Waals surface area contributed by atoms with E-state index in [1.165, 1.54) is 11.8 Å². The van der Waals surface area contributed by atoms with Crippen molar-refractivity contribution < 1.29 is 14.7 Å². The molecule has 1 fully saturated rings. The third-order valence-corrected chi connectivity index (χ3v) is 3.91. The summed E-state index contributed by atoms with van der Waals surface area (Å²) in [6.07, 6.45) is 2.43. The van der Waals surface area contributed by atoms with Crippen LogP contribution in [-0.2, 0) is 9.59 Å². The standard InChI is InChI=1S/C10H17NO3S/c1-7(15-3)8(12)11-5-4-10(2,6-11)9(13)14/h7H,4-6H2,1-3H3,(H,13,14). The Labute approximate surface area is 94.0 Å². The number of carbonyl (C=O) groups excluding carboxylic acids is 1. The number of aliphatic carboxylic acids is 1. The van der Waals surface area contributed by atoms with E-state index in [4.69, 9.17) is 5.11 Å². The Morgan fingerprint density at radius 2 is 2.13 bits per heavy atom. The maximum Gasteiger partial charge on any atom is 0.311 e. The molecule has 1 rings (SSSR count). The maximum absolute atomic E-state index is 11.8. The van der Waals surface area contributed by atoms with E-state index in [1.807, 2.05) is 13.2 Å². The molecule has 0 aromatic carbocycles. The fourth-order valence-electron chi connectivity index (χ4n) is 1.68. The highest BCUT2D eigenvalue weighted by atomic mass is 32.2. The van der Waals surface area contributed by atoms with Gasteiger partial charge in [-0.2, -0.15) is 11.8 Å². The van der Waals surface area contributed by atoms with Crippen LogP contribution in [-0.4, -0.2) is 46.5 Å². The predicted octanol–water partition coefficient (Wildman–Crippen LogP) is 1.06. The SMILES string of the molecule is CSC(C)C(=O)N1CCC(C)(C(=O)O)C1. The minimum absolute atomic E-state index is 0.0486. The van der Waals surface area contributed by atoms with Crippen LogP contribution in [0.5, 0.6) is 0 Å². The van der Waals surface area contributed by atoms with Crippen molar-refractivity contribution >= 4 is 23.6 Å². The minimum Gasteiger partial charge on any atom is -0.481 e. The van der Waals surface area contributed by atoms with Gasteiger partial charge in [0.25, 0.3) is 0 Å². The molecule has 1 saturated heterocycles. The molecule has 4 nitrogen and oxygen atoms in total. The average molecular weight is 231 g/mol. The molecule has 1 aliphatic rings. The quantitative estimate of drug-likeness (QED) is 0.789. The van der Waals surface area contributed by atoms with Gasteiger partial charge in [-0.3, -0.25) is 9.59 Å². The van der Waals surface area contributed by atoms with E-state index in [1.54, 1.807) is 11.8 Å². The van der Waals surface area contributed by atoms with Crippen molar-refractivity contribution in [3.8, 4) is 0 Å². The maximum atomic E-state index is 11.8. The smallest absolute Gasteiger partial charge is 0.311 e. The number of nitrogens with zero attached hydrogens (tertiary/aromatic N) is 1. The number of carboxylic acid groups (broad SMARTS) is 1. The Kier molecular flexibility index (Phi) is 3.65. The van der Waals surface area contributed by atoms with E-state index in [0.717, 1.165) is 0 Å². The molecule has 0 spiro atoms. The lowest BCUT2D eigenvalue weighted by Gasteiger charge is -2.22. The van der Waals surface area contributed by atoms with Crippen molar-refractivity contribution in [2.75, 3.05) is 19.3 Å².